The number of anilines is 1. The van der Waals surface area contributed by atoms with Crippen LogP contribution in [0.5, 0.6) is 11.5 Å². The van der Waals surface area contributed by atoms with Crippen LogP contribution in [0, 0.1) is 0 Å². The molecule has 0 aliphatic heterocycles. The van der Waals surface area contributed by atoms with Crippen molar-refractivity contribution in [3.8, 4) is 11.5 Å². The van der Waals surface area contributed by atoms with Crippen molar-refractivity contribution in [3.05, 3.63) is 103 Å². The average Bonchev–Trinajstić information content (AvgIpc) is 3.17. The number of carbonyl (C=O) groups excluding carboxylic acids is 1. The Kier molecular flexibility index (Phi) is 4.88. The van der Waals surface area contributed by atoms with Gasteiger partial charge >= 0.3 is 0 Å². The standard InChI is InChI=1S/C28H20N4O2/c33-26(29-19-14-16-21(17-15-19)34-20-8-2-1-3-9-20)18-32-25-13-7-4-10-22(25)27-28(32)31-24-12-6-5-11-23(24)30-27/h1-17H,18H2,(H,29,33). The number of fused-ring (bicyclic) bond motifs is 4. The van der Waals surface area contributed by atoms with Crippen molar-refractivity contribution in [3.63, 3.8) is 0 Å². The number of ether oxygens (including phenoxy) is 1. The lowest BCUT2D eigenvalue weighted by atomic mass is 10.2. The summed E-state index contributed by atoms with van der Waals surface area (Å²) in [6, 6.07) is 32.6. The van der Waals surface area contributed by atoms with Crippen molar-refractivity contribution in [1.82, 2.24) is 14.5 Å². The molecule has 0 aliphatic rings. The Morgan fingerprint density at radius 1 is 0.735 bits per heavy atom. The molecule has 0 spiro atoms. The zero-order valence-electron chi connectivity index (χ0n) is 18.2. The maximum absolute atomic E-state index is 13.0. The minimum absolute atomic E-state index is 0.124. The van der Waals surface area contributed by atoms with Gasteiger partial charge in [-0.2, -0.15) is 0 Å². The van der Waals surface area contributed by atoms with Crippen LogP contribution in [0.3, 0.4) is 0 Å². The van der Waals surface area contributed by atoms with Gasteiger partial charge in [0.25, 0.3) is 0 Å². The van der Waals surface area contributed by atoms with Crippen molar-refractivity contribution < 1.29 is 9.53 Å². The highest BCUT2D eigenvalue weighted by Gasteiger charge is 2.16. The number of hydrogen-bond acceptors (Lipinski definition) is 4. The molecule has 0 saturated heterocycles. The molecule has 4 aromatic carbocycles. The zero-order chi connectivity index (χ0) is 22.9. The second-order valence-corrected chi connectivity index (χ2v) is 7.98. The first-order valence-corrected chi connectivity index (χ1v) is 11.0. The van der Waals surface area contributed by atoms with Gasteiger partial charge in [-0.25, -0.2) is 9.97 Å². The van der Waals surface area contributed by atoms with E-state index in [4.69, 9.17) is 14.7 Å². The van der Waals surface area contributed by atoms with Crippen LogP contribution in [-0.2, 0) is 11.3 Å². The summed E-state index contributed by atoms with van der Waals surface area (Å²) >= 11 is 0. The molecule has 6 nitrogen and oxygen atoms in total. The van der Waals surface area contributed by atoms with Gasteiger partial charge in [0.05, 0.1) is 16.6 Å². The van der Waals surface area contributed by atoms with Gasteiger partial charge in [-0.05, 0) is 54.6 Å². The van der Waals surface area contributed by atoms with Crippen molar-refractivity contribution in [2.75, 3.05) is 5.32 Å². The summed E-state index contributed by atoms with van der Waals surface area (Å²) < 4.78 is 7.75. The normalized spacial score (nSPS) is 11.2. The minimum atomic E-state index is -0.144. The lowest BCUT2D eigenvalue weighted by molar-refractivity contribution is -0.116. The number of hydrogen-bond donors (Lipinski definition) is 1. The summed E-state index contributed by atoms with van der Waals surface area (Å²) in [6.07, 6.45) is 0. The summed E-state index contributed by atoms with van der Waals surface area (Å²) in [5.74, 6) is 1.32. The maximum Gasteiger partial charge on any atom is 0.244 e. The van der Waals surface area contributed by atoms with E-state index >= 15 is 0 Å². The average molecular weight is 444 g/mol. The smallest absolute Gasteiger partial charge is 0.244 e. The number of aromatic nitrogens is 3. The van der Waals surface area contributed by atoms with Gasteiger partial charge in [0, 0.05) is 11.1 Å². The number of rotatable bonds is 5. The predicted molar refractivity (Wildman–Crippen MR) is 134 cm³/mol. The van der Waals surface area contributed by atoms with Crippen LogP contribution in [0.1, 0.15) is 0 Å². The zero-order valence-corrected chi connectivity index (χ0v) is 18.2. The summed E-state index contributed by atoms with van der Waals surface area (Å²) in [7, 11) is 0. The minimum Gasteiger partial charge on any atom is -0.457 e. The molecule has 0 atom stereocenters. The first kappa shape index (κ1) is 19.9. The molecule has 0 saturated carbocycles. The van der Waals surface area contributed by atoms with E-state index in [0.717, 1.165) is 33.2 Å². The van der Waals surface area contributed by atoms with Crippen LogP contribution in [0.15, 0.2) is 103 Å². The Hall–Kier alpha value is -4.71. The molecule has 2 aromatic heterocycles. The Labute approximate surface area is 195 Å². The second-order valence-electron chi connectivity index (χ2n) is 7.98. The fourth-order valence-electron chi connectivity index (χ4n) is 4.12. The van der Waals surface area contributed by atoms with E-state index in [9.17, 15) is 4.79 Å². The lowest BCUT2D eigenvalue weighted by Crippen LogP contribution is -2.18. The number of nitrogens with one attached hydrogen (secondary N) is 1. The Morgan fingerprint density at radius 3 is 2.18 bits per heavy atom. The van der Waals surface area contributed by atoms with Gasteiger partial charge in [-0.1, -0.05) is 48.5 Å². The number of benzene rings is 4. The number of nitrogens with zero attached hydrogens (tertiary/aromatic N) is 3. The predicted octanol–water partition coefficient (Wildman–Crippen LogP) is 6.17. The Bertz CT molecular complexity index is 1640. The van der Waals surface area contributed by atoms with Gasteiger partial charge in [-0.3, -0.25) is 4.79 Å². The van der Waals surface area contributed by atoms with E-state index in [-0.39, 0.29) is 12.5 Å². The highest BCUT2D eigenvalue weighted by atomic mass is 16.5. The third kappa shape index (κ3) is 3.71. The summed E-state index contributed by atoms with van der Waals surface area (Å²) in [5, 5.41) is 3.95. The molecule has 0 bridgehead atoms. The van der Waals surface area contributed by atoms with Crippen molar-refractivity contribution in [1.29, 1.82) is 0 Å². The molecule has 6 rings (SSSR count). The van der Waals surface area contributed by atoms with Gasteiger partial charge in [0.15, 0.2) is 5.65 Å². The van der Waals surface area contributed by atoms with Crippen LogP contribution in [-0.4, -0.2) is 20.4 Å². The SMILES string of the molecule is O=C(Cn1c2ccccc2c2nc3ccccc3nc21)Nc1ccc(Oc2ccccc2)cc1. The van der Waals surface area contributed by atoms with E-state index in [2.05, 4.69) is 5.32 Å². The van der Waals surface area contributed by atoms with E-state index < -0.39 is 0 Å². The van der Waals surface area contributed by atoms with Crippen LogP contribution < -0.4 is 10.1 Å². The summed E-state index contributed by atoms with van der Waals surface area (Å²) in [4.78, 5) is 22.7. The van der Waals surface area contributed by atoms with E-state index in [1.165, 1.54) is 0 Å². The number of amides is 1. The molecule has 6 heteroatoms. The second kappa shape index (κ2) is 8.33. The fourth-order valence-corrected chi connectivity index (χ4v) is 4.12. The molecule has 34 heavy (non-hydrogen) atoms. The van der Waals surface area contributed by atoms with E-state index in [1.54, 1.807) is 0 Å². The first-order chi connectivity index (χ1) is 16.7. The molecule has 6 aromatic rings. The lowest BCUT2D eigenvalue weighted by Gasteiger charge is -2.10. The van der Waals surface area contributed by atoms with Gasteiger partial charge in [-0.15, -0.1) is 0 Å². The van der Waals surface area contributed by atoms with E-state index in [1.807, 2.05) is 108 Å². The molecular weight excluding hydrogens is 424 g/mol. The molecular formula is C28H20N4O2. The largest absolute Gasteiger partial charge is 0.457 e. The van der Waals surface area contributed by atoms with Crippen LogP contribution >= 0.6 is 0 Å². The molecule has 0 unspecified atom stereocenters. The van der Waals surface area contributed by atoms with E-state index in [0.29, 0.717) is 17.1 Å². The first-order valence-electron chi connectivity index (χ1n) is 11.0. The fraction of sp³-hybridized carbons (Fsp3) is 0.0357. The van der Waals surface area contributed by atoms with Gasteiger partial charge in [0.2, 0.25) is 5.91 Å². The third-order valence-electron chi connectivity index (χ3n) is 5.68. The van der Waals surface area contributed by atoms with Crippen molar-refractivity contribution in [2.24, 2.45) is 0 Å². The van der Waals surface area contributed by atoms with Crippen LogP contribution in [0.25, 0.3) is 33.1 Å². The molecule has 2 heterocycles. The molecule has 1 amide bonds. The topological polar surface area (TPSA) is 69.0 Å². The van der Waals surface area contributed by atoms with Crippen molar-refractivity contribution >= 4 is 44.7 Å². The number of carbonyl (C=O) groups is 1. The highest BCUT2D eigenvalue weighted by Crippen LogP contribution is 2.28. The monoisotopic (exact) mass is 444 g/mol. The Balaban J connectivity index is 1.28. The van der Waals surface area contributed by atoms with Gasteiger partial charge < -0.3 is 14.6 Å². The molecule has 164 valence electrons. The van der Waals surface area contributed by atoms with Crippen LogP contribution in [0.4, 0.5) is 5.69 Å². The number of para-hydroxylation sites is 4. The molecule has 0 fully saturated rings. The molecule has 1 N–H and O–H groups in total. The van der Waals surface area contributed by atoms with Crippen LogP contribution in [0.2, 0.25) is 0 Å². The summed E-state index contributed by atoms with van der Waals surface area (Å²) in [5.41, 5.74) is 4.75. The third-order valence-corrected chi connectivity index (χ3v) is 5.68. The molecule has 0 radical (unpaired) electrons. The maximum atomic E-state index is 13.0. The van der Waals surface area contributed by atoms with Crippen molar-refractivity contribution in [2.45, 2.75) is 6.54 Å². The Morgan fingerprint density at radius 2 is 1.38 bits per heavy atom. The van der Waals surface area contributed by atoms with Gasteiger partial charge in [0.1, 0.15) is 23.6 Å². The molecule has 0 aliphatic carbocycles. The quantitative estimate of drug-likeness (QED) is 0.345. The highest BCUT2D eigenvalue weighted by molar-refractivity contribution is 6.07. The summed E-state index contributed by atoms with van der Waals surface area (Å²) in [6.45, 7) is 0.124.